The Labute approximate surface area is 213 Å². The number of hydrogen-bond donors (Lipinski definition) is 2. The Bertz CT molecular complexity index is 1060. The number of amides is 1. The number of cyclic esters (lactones) is 1. The van der Waals surface area contributed by atoms with Gasteiger partial charge in [0, 0.05) is 37.3 Å². The molecule has 0 radical (unpaired) electrons. The number of carbonyl (C=O) groups is 1. The lowest BCUT2D eigenvalue weighted by Crippen LogP contribution is -2.45. The van der Waals surface area contributed by atoms with Crippen LogP contribution in [0.1, 0.15) is 64.9 Å². The number of ether oxygens (including phenoxy) is 1. The SMILES string of the molecule is CC(c1ccc(-c2cnc(C(C)(C)O)nc2)cc1)N1CCC(CC(C)(C)O)OC1=O.c1ccccc1. The molecule has 4 rings (SSSR count). The van der Waals surface area contributed by atoms with Crippen LogP contribution in [0.15, 0.2) is 73.1 Å². The van der Waals surface area contributed by atoms with E-state index in [1.807, 2.05) is 67.6 Å². The number of nitrogens with zero attached hydrogens (tertiary/aromatic N) is 3. The predicted molar refractivity (Wildman–Crippen MR) is 140 cm³/mol. The standard InChI is InChI=1S/C23H31N3O4.C6H6/c1-15(26-11-10-19(30-21(26)27)12-22(2,3)28)16-6-8-17(9-7-16)18-13-24-20(25-14-18)23(4,5)29;1-2-4-6-5-3-1/h6-9,13-15,19,28-29H,10-12H2,1-5H3;1-6H. The summed E-state index contributed by atoms with van der Waals surface area (Å²) in [5.74, 6) is 0.378. The second-order valence-corrected chi connectivity index (χ2v) is 10.3. The molecule has 36 heavy (non-hydrogen) atoms. The van der Waals surface area contributed by atoms with E-state index in [0.29, 0.717) is 25.2 Å². The molecule has 2 atom stereocenters. The first-order valence-corrected chi connectivity index (χ1v) is 12.3. The highest BCUT2D eigenvalue weighted by molar-refractivity contribution is 5.69. The normalized spacial score (nSPS) is 17.0. The Morgan fingerprint density at radius 2 is 1.47 bits per heavy atom. The fourth-order valence-electron chi connectivity index (χ4n) is 4.01. The first kappa shape index (κ1) is 27.3. The van der Waals surface area contributed by atoms with Gasteiger partial charge in [-0.25, -0.2) is 14.8 Å². The van der Waals surface area contributed by atoms with Gasteiger partial charge >= 0.3 is 6.09 Å². The summed E-state index contributed by atoms with van der Waals surface area (Å²) in [5, 5.41) is 19.9. The zero-order valence-electron chi connectivity index (χ0n) is 21.8. The van der Waals surface area contributed by atoms with Gasteiger partial charge in [-0.05, 0) is 45.7 Å². The van der Waals surface area contributed by atoms with E-state index in [2.05, 4.69) is 9.97 Å². The number of hydrogen-bond acceptors (Lipinski definition) is 6. The third kappa shape index (κ3) is 7.86. The molecule has 1 fully saturated rings. The molecular weight excluding hydrogens is 454 g/mol. The van der Waals surface area contributed by atoms with E-state index in [-0.39, 0.29) is 18.2 Å². The highest BCUT2D eigenvalue weighted by atomic mass is 16.6. The van der Waals surface area contributed by atoms with Crippen LogP contribution >= 0.6 is 0 Å². The third-order valence-electron chi connectivity index (χ3n) is 5.98. The molecule has 2 unspecified atom stereocenters. The Morgan fingerprint density at radius 3 is 1.92 bits per heavy atom. The summed E-state index contributed by atoms with van der Waals surface area (Å²) >= 11 is 0. The van der Waals surface area contributed by atoms with Crippen LogP contribution in [0.5, 0.6) is 0 Å². The van der Waals surface area contributed by atoms with Crippen LogP contribution < -0.4 is 0 Å². The van der Waals surface area contributed by atoms with Crippen LogP contribution in [0.4, 0.5) is 4.79 Å². The van der Waals surface area contributed by atoms with E-state index in [0.717, 1.165) is 16.7 Å². The van der Waals surface area contributed by atoms with Gasteiger partial charge in [-0.2, -0.15) is 0 Å². The van der Waals surface area contributed by atoms with Gasteiger partial charge in [0.15, 0.2) is 5.82 Å². The van der Waals surface area contributed by atoms with Gasteiger partial charge in [0.25, 0.3) is 0 Å². The largest absolute Gasteiger partial charge is 0.446 e. The van der Waals surface area contributed by atoms with Gasteiger partial charge in [0.2, 0.25) is 0 Å². The topological polar surface area (TPSA) is 95.8 Å². The van der Waals surface area contributed by atoms with Crippen molar-refractivity contribution in [1.82, 2.24) is 14.9 Å². The summed E-state index contributed by atoms with van der Waals surface area (Å²) < 4.78 is 5.54. The maximum atomic E-state index is 12.5. The van der Waals surface area contributed by atoms with Crippen molar-refractivity contribution in [2.75, 3.05) is 6.54 Å². The van der Waals surface area contributed by atoms with E-state index in [1.165, 1.54) is 0 Å². The van der Waals surface area contributed by atoms with Gasteiger partial charge in [-0.1, -0.05) is 60.7 Å². The first-order valence-electron chi connectivity index (χ1n) is 12.3. The average Bonchev–Trinajstić information content (AvgIpc) is 2.84. The molecule has 0 saturated carbocycles. The lowest BCUT2D eigenvalue weighted by molar-refractivity contribution is -0.0309. The van der Waals surface area contributed by atoms with Crippen LogP contribution in [-0.4, -0.2) is 49.4 Å². The van der Waals surface area contributed by atoms with Crippen LogP contribution in [0.25, 0.3) is 11.1 Å². The number of rotatable bonds is 6. The van der Waals surface area contributed by atoms with Crippen molar-refractivity contribution in [3.63, 3.8) is 0 Å². The van der Waals surface area contributed by atoms with Gasteiger partial charge in [-0.15, -0.1) is 0 Å². The molecule has 192 valence electrons. The molecule has 1 amide bonds. The van der Waals surface area contributed by atoms with Crippen LogP contribution in [-0.2, 0) is 10.3 Å². The zero-order valence-corrected chi connectivity index (χ0v) is 21.8. The van der Waals surface area contributed by atoms with Crippen molar-refractivity contribution in [3.05, 3.63) is 84.4 Å². The Balaban J connectivity index is 0.000000526. The quantitative estimate of drug-likeness (QED) is 0.473. The summed E-state index contributed by atoms with van der Waals surface area (Å²) in [4.78, 5) is 22.7. The van der Waals surface area contributed by atoms with Crippen molar-refractivity contribution in [2.45, 2.75) is 70.8 Å². The van der Waals surface area contributed by atoms with Gasteiger partial charge in [0.05, 0.1) is 11.6 Å². The van der Waals surface area contributed by atoms with Gasteiger partial charge in [0.1, 0.15) is 11.7 Å². The number of aromatic nitrogens is 2. The molecule has 0 aliphatic carbocycles. The fraction of sp³-hybridized carbons (Fsp3) is 0.414. The van der Waals surface area contributed by atoms with E-state index < -0.39 is 11.2 Å². The predicted octanol–water partition coefficient (Wildman–Crippen LogP) is 5.49. The summed E-state index contributed by atoms with van der Waals surface area (Å²) in [7, 11) is 0. The Kier molecular flexibility index (Phi) is 8.82. The smallest absolute Gasteiger partial charge is 0.410 e. The van der Waals surface area contributed by atoms with E-state index in [1.54, 1.807) is 45.0 Å². The molecule has 1 aliphatic rings. The number of benzene rings is 2. The summed E-state index contributed by atoms with van der Waals surface area (Å²) in [6.07, 6.45) is 3.93. The Hall–Kier alpha value is -3.29. The number of carbonyl (C=O) groups excluding carboxylic acids is 1. The van der Waals surface area contributed by atoms with Crippen LogP contribution in [0, 0.1) is 0 Å². The zero-order chi connectivity index (χ0) is 26.3. The summed E-state index contributed by atoms with van der Waals surface area (Å²) in [5.41, 5.74) is 0.885. The molecule has 1 aliphatic heterocycles. The van der Waals surface area contributed by atoms with Crippen molar-refractivity contribution < 1.29 is 19.7 Å². The maximum Gasteiger partial charge on any atom is 0.410 e. The van der Waals surface area contributed by atoms with Crippen molar-refractivity contribution in [1.29, 1.82) is 0 Å². The second-order valence-electron chi connectivity index (χ2n) is 10.3. The average molecular weight is 492 g/mol. The molecular formula is C29H37N3O4. The summed E-state index contributed by atoms with van der Waals surface area (Å²) in [6, 6.07) is 19.8. The molecule has 2 N–H and O–H groups in total. The minimum atomic E-state index is -1.08. The van der Waals surface area contributed by atoms with E-state index >= 15 is 0 Å². The molecule has 1 aromatic heterocycles. The molecule has 3 aromatic rings. The second kappa shape index (κ2) is 11.6. The first-order chi connectivity index (χ1) is 16.9. The van der Waals surface area contributed by atoms with Crippen LogP contribution in [0.3, 0.4) is 0 Å². The lowest BCUT2D eigenvalue weighted by Gasteiger charge is -2.37. The maximum absolute atomic E-state index is 12.5. The fourth-order valence-corrected chi connectivity index (χ4v) is 4.01. The molecule has 0 spiro atoms. The van der Waals surface area contributed by atoms with E-state index in [4.69, 9.17) is 4.74 Å². The van der Waals surface area contributed by atoms with Crippen molar-refractivity contribution in [2.24, 2.45) is 0 Å². The molecule has 1 saturated heterocycles. The van der Waals surface area contributed by atoms with Gasteiger partial charge in [-0.3, -0.25) is 0 Å². The van der Waals surface area contributed by atoms with E-state index in [9.17, 15) is 15.0 Å². The number of aliphatic hydroxyl groups is 2. The molecule has 7 nitrogen and oxygen atoms in total. The lowest BCUT2D eigenvalue weighted by atomic mass is 9.97. The van der Waals surface area contributed by atoms with Crippen molar-refractivity contribution >= 4 is 6.09 Å². The van der Waals surface area contributed by atoms with Gasteiger partial charge < -0.3 is 19.8 Å². The third-order valence-corrected chi connectivity index (χ3v) is 5.98. The summed E-state index contributed by atoms with van der Waals surface area (Å²) in [6.45, 7) is 9.32. The Morgan fingerprint density at radius 1 is 0.944 bits per heavy atom. The highest BCUT2D eigenvalue weighted by Crippen LogP contribution is 2.29. The minimum absolute atomic E-state index is 0.122. The van der Waals surface area contributed by atoms with Crippen molar-refractivity contribution in [3.8, 4) is 11.1 Å². The monoisotopic (exact) mass is 491 g/mol. The van der Waals surface area contributed by atoms with Crippen LogP contribution in [0.2, 0.25) is 0 Å². The highest BCUT2D eigenvalue weighted by Gasteiger charge is 2.33. The molecule has 7 heteroatoms. The minimum Gasteiger partial charge on any atom is -0.446 e. The molecule has 0 bridgehead atoms. The molecule has 2 heterocycles. The molecule has 2 aromatic carbocycles.